The maximum absolute atomic E-state index is 15.0. The van der Waals surface area contributed by atoms with E-state index in [-0.39, 0.29) is 50.8 Å². The molecule has 3 aliphatic heterocycles. The van der Waals surface area contributed by atoms with Gasteiger partial charge in [0.2, 0.25) is 6.04 Å². The molecule has 66 heavy (non-hydrogen) atoms. The summed E-state index contributed by atoms with van der Waals surface area (Å²) >= 11 is 6.80. The first-order valence-corrected chi connectivity index (χ1v) is 24.3. The number of amides is 4. The number of fused-ring (bicyclic) bond motifs is 6. The summed E-state index contributed by atoms with van der Waals surface area (Å²) in [7, 11) is 6.91. The van der Waals surface area contributed by atoms with E-state index < -0.39 is 52.6 Å². The Hall–Kier alpha value is -5.01. The van der Waals surface area contributed by atoms with Crippen molar-refractivity contribution in [2.24, 2.45) is 11.3 Å². The number of methoxy groups -OCH3 is 1. The third-order valence-corrected chi connectivity index (χ3v) is 14.4. The minimum atomic E-state index is -1.45. The zero-order valence-electron chi connectivity index (χ0n) is 38.9. The maximum atomic E-state index is 15.0. The van der Waals surface area contributed by atoms with E-state index in [0.717, 1.165) is 33.3 Å². The SMILES string of the molecule is CC=[N+](C(=O)[C@H](C(C)C)N(C)C(=O)N1CC=C(F)CC1)[C@H]1Cc2nc(cs2)-c2ccc3c(c2)c(c(-c2cccnc2[C@H](C=S)OC)n3CC)CC(C)(C)COC(=O)[C@@]2([Si])CCCN(N2)C1=O. The third-order valence-electron chi connectivity index (χ3n) is 12.7. The Morgan fingerprint density at radius 3 is 2.67 bits per heavy atom. The van der Waals surface area contributed by atoms with E-state index in [4.69, 9.17) is 31.7 Å². The zero-order valence-corrected chi connectivity index (χ0v) is 41.6. The number of thiazole rings is 1. The number of carbonyl (C=O) groups excluding carboxylic acids is 4. The number of carbonyl (C=O) groups is 4. The van der Waals surface area contributed by atoms with Gasteiger partial charge in [-0.15, -0.1) is 11.3 Å². The number of nitrogens with zero attached hydrogens (tertiary/aromatic N) is 7. The highest BCUT2D eigenvalue weighted by Gasteiger charge is 2.48. The van der Waals surface area contributed by atoms with Gasteiger partial charge in [0.05, 0.1) is 46.2 Å². The smallest absolute Gasteiger partial charge is 0.410 e. The van der Waals surface area contributed by atoms with E-state index in [1.165, 1.54) is 36.8 Å². The lowest BCUT2D eigenvalue weighted by atomic mass is 9.84. The predicted octanol–water partition coefficient (Wildman–Crippen LogP) is 6.83. The van der Waals surface area contributed by atoms with Crippen molar-refractivity contribution in [1.29, 1.82) is 0 Å². The highest BCUT2D eigenvalue weighted by Crippen LogP contribution is 2.42. The molecule has 0 unspecified atom stereocenters. The number of aromatic nitrogens is 3. The van der Waals surface area contributed by atoms with Crippen molar-refractivity contribution in [3.05, 3.63) is 70.1 Å². The van der Waals surface area contributed by atoms with Crippen LogP contribution in [0.2, 0.25) is 0 Å². The molecule has 4 atom stereocenters. The van der Waals surface area contributed by atoms with Gasteiger partial charge in [0.15, 0.2) is 6.04 Å². The van der Waals surface area contributed by atoms with Gasteiger partial charge in [-0.05, 0) is 68.0 Å². The van der Waals surface area contributed by atoms with Gasteiger partial charge in [0.1, 0.15) is 22.5 Å². The summed E-state index contributed by atoms with van der Waals surface area (Å²) in [6.45, 7) is 12.8. The topological polar surface area (TPSA) is 142 Å². The molecule has 3 aliphatic rings. The fourth-order valence-corrected chi connectivity index (χ4v) is 10.9. The van der Waals surface area contributed by atoms with Gasteiger partial charge in [0, 0.05) is 98.1 Å². The molecule has 3 aromatic heterocycles. The minimum absolute atomic E-state index is 0.0396. The Kier molecular flexibility index (Phi) is 14.9. The van der Waals surface area contributed by atoms with Crippen LogP contribution in [0.4, 0.5) is 9.18 Å². The number of urea groups is 1. The van der Waals surface area contributed by atoms with Crippen LogP contribution in [0.15, 0.2) is 53.8 Å². The van der Waals surface area contributed by atoms with Crippen molar-refractivity contribution < 1.29 is 37.6 Å². The van der Waals surface area contributed by atoms with Crippen LogP contribution in [0.3, 0.4) is 0 Å². The Bertz CT molecular complexity index is 2590. The second-order valence-corrected chi connectivity index (χ2v) is 20.4. The van der Waals surface area contributed by atoms with E-state index in [1.54, 1.807) is 38.9 Å². The number of rotatable bonds is 9. The van der Waals surface area contributed by atoms with Crippen molar-refractivity contribution >= 4 is 80.1 Å². The molecular weight excluding hydrogens is 896 g/mol. The fraction of sp³-hybridized carbons (Fsp3) is 0.500. The van der Waals surface area contributed by atoms with Crippen molar-refractivity contribution in [1.82, 2.24) is 34.8 Å². The second kappa shape index (κ2) is 20.1. The van der Waals surface area contributed by atoms with Gasteiger partial charge in [-0.2, -0.15) is 4.58 Å². The van der Waals surface area contributed by atoms with Gasteiger partial charge in [-0.25, -0.2) is 24.4 Å². The normalized spacial score (nSPS) is 21.5. The number of hydrogen-bond acceptors (Lipinski definition) is 11. The number of hydrogen-bond donors (Lipinski definition) is 1. The molecule has 1 N–H and O–H groups in total. The molecule has 4 amide bonds. The van der Waals surface area contributed by atoms with Gasteiger partial charge >= 0.3 is 23.8 Å². The predicted molar refractivity (Wildman–Crippen MR) is 258 cm³/mol. The largest absolute Gasteiger partial charge is 0.464 e. The number of aryl methyl sites for hydroxylation is 1. The number of likely N-dealkylation sites (N-methyl/N-ethyl adjacent to an activating group) is 1. The Morgan fingerprint density at radius 2 is 2.00 bits per heavy atom. The van der Waals surface area contributed by atoms with E-state index in [9.17, 15) is 18.8 Å². The first kappa shape index (κ1) is 48.9. The van der Waals surface area contributed by atoms with Crippen LogP contribution in [-0.4, -0.2) is 137 Å². The monoisotopic (exact) mass is 954 g/mol. The molecule has 0 spiro atoms. The molecule has 1 fully saturated rings. The zero-order chi connectivity index (χ0) is 47.7. The summed E-state index contributed by atoms with van der Waals surface area (Å²) in [5, 5.41) is 5.09. The van der Waals surface area contributed by atoms with Crippen molar-refractivity contribution in [3.63, 3.8) is 0 Å². The number of thiocarbonyl (C=S) groups is 1. The molecule has 6 heterocycles. The molecule has 6 bridgehead atoms. The summed E-state index contributed by atoms with van der Waals surface area (Å²) < 4.78 is 29.6. The van der Waals surface area contributed by atoms with E-state index in [2.05, 4.69) is 53.1 Å². The van der Waals surface area contributed by atoms with E-state index in [1.807, 2.05) is 37.4 Å². The average molecular weight is 955 g/mol. The number of esters is 1. The molecule has 0 saturated carbocycles. The van der Waals surface area contributed by atoms with Crippen LogP contribution in [0.1, 0.15) is 83.2 Å². The highest BCUT2D eigenvalue weighted by molar-refractivity contribution is 7.79. The summed E-state index contributed by atoms with van der Waals surface area (Å²) in [6, 6.07) is 7.72. The first-order valence-electron chi connectivity index (χ1n) is 22.5. The molecule has 0 aliphatic carbocycles. The average Bonchev–Trinajstić information content (AvgIpc) is 3.89. The quantitative estimate of drug-likeness (QED) is 0.0625. The van der Waals surface area contributed by atoms with Crippen LogP contribution in [-0.2, 0) is 43.2 Å². The Morgan fingerprint density at radius 1 is 1.23 bits per heavy atom. The van der Waals surface area contributed by atoms with Crippen molar-refractivity contribution in [2.45, 2.75) is 104 Å². The molecule has 3 radical (unpaired) electrons. The first-order chi connectivity index (χ1) is 31.4. The molecule has 18 heteroatoms. The van der Waals surface area contributed by atoms with E-state index >= 15 is 4.79 Å². The molecule has 14 nitrogen and oxygen atoms in total. The van der Waals surface area contributed by atoms with Crippen LogP contribution in [0, 0.1) is 11.3 Å². The highest BCUT2D eigenvalue weighted by atomic mass is 32.1. The molecule has 1 aromatic carbocycles. The Labute approximate surface area is 398 Å². The van der Waals surface area contributed by atoms with Crippen molar-refractivity contribution in [3.8, 4) is 22.5 Å². The number of ether oxygens (including phenoxy) is 2. The number of halogens is 1. The van der Waals surface area contributed by atoms with Crippen LogP contribution >= 0.6 is 23.6 Å². The summed E-state index contributed by atoms with van der Waals surface area (Å²) in [5.74, 6) is -2.13. The van der Waals surface area contributed by atoms with Gasteiger partial charge in [-0.3, -0.25) is 19.6 Å². The minimum Gasteiger partial charge on any atom is -0.464 e. The molecule has 7 rings (SSSR count). The van der Waals surface area contributed by atoms with E-state index in [0.29, 0.717) is 42.2 Å². The molecule has 349 valence electrons. The number of benzene rings is 1. The summed E-state index contributed by atoms with van der Waals surface area (Å²) in [4.78, 5) is 70.8. The summed E-state index contributed by atoms with van der Waals surface area (Å²) in [6.07, 6.45) is 5.59. The van der Waals surface area contributed by atoms with Gasteiger partial charge in [-0.1, -0.05) is 46.0 Å². The van der Waals surface area contributed by atoms with Crippen LogP contribution in [0.25, 0.3) is 33.4 Å². The molecule has 1 saturated heterocycles. The van der Waals surface area contributed by atoms with Crippen LogP contribution < -0.4 is 5.43 Å². The Balaban J connectivity index is 1.35. The fourth-order valence-electron chi connectivity index (χ4n) is 9.40. The number of pyridine rings is 1. The maximum Gasteiger partial charge on any atom is 0.410 e. The number of nitrogens with one attached hydrogen (secondary N) is 1. The number of hydrazine groups is 1. The van der Waals surface area contributed by atoms with Crippen LogP contribution in [0.5, 0.6) is 0 Å². The molecular formula is C48H59FN8O6S2Si+. The summed E-state index contributed by atoms with van der Waals surface area (Å²) in [5.41, 5.74) is 8.74. The lowest BCUT2D eigenvalue weighted by Gasteiger charge is -2.40. The second-order valence-electron chi connectivity index (χ2n) is 18.3. The van der Waals surface area contributed by atoms with Crippen molar-refractivity contribution in [2.75, 3.05) is 40.4 Å². The lowest BCUT2D eigenvalue weighted by Crippen LogP contribution is -2.67. The molecule has 4 aromatic rings. The number of cyclic esters (lactones) is 1. The third kappa shape index (κ3) is 9.70. The van der Waals surface area contributed by atoms with Gasteiger partial charge in [0.25, 0.3) is 0 Å². The van der Waals surface area contributed by atoms with Gasteiger partial charge < -0.3 is 23.8 Å². The standard InChI is InChI=1S/C48H59FN8O6S2Si/c1-9-55-36-15-14-30-23-33(36)34(42(55)32-13-11-19-50-40(32)38(26-64)62-8)25-47(5,6)28-63-45(60)48(66)18-12-20-57(52-48)43(58)37(24-39-51-35(30)27-65-39)56(10-2)44(59)41(29(3)4)53(7)46(61)54-21-16-31(49)17-22-54/h10-11,13-16,19,23,26-27,29,37-38,41,52H,9,12,17-18,20-22,24-25,28H2,1-8H3/q+1/t37-,38-,41-,48-/m0/s1. The lowest BCUT2D eigenvalue weighted by molar-refractivity contribution is -0.476.